The van der Waals surface area contributed by atoms with Gasteiger partial charge in [-0.3, -0.25) is 9.36 Å². The number of carbonyl (C=O) groups excluding carboxylic acids is 3. The highest BCUT2D eigenvalue weighted by molar-refractivity contribution is 7.60. The molecule has 0 bridgehead atoms. The summed E-state index contributed by atoms with van der Waals surface area (Å²) in [5, 5.41) is 0. The summed E-state index contributed by atoms with van der Waals surface area (Å²) in [7, 11) is -3.70. The van der Waals surface area contributed by atoms with Crippen LogP contribution in [-0.2, 0) is 25.0 Å². The number of aryl methyl sites for hydroxylation is 1. The Hall–Kier alpha value is -2.60. The zero-order chi connectivity index (χ0) is 28.7. The molecule has 1 aliphatic rings. The molecule has 39 heavy (non-hydrogen) atoms. The summed E-state index contributed by atoms with van der Waals surface area (Å²) < 4.78 is 25.8. The molecule has 3 rings (SSSR count). The molecule has 2 aromatic carbocycles. The predicted octanol–water partition coefficient (Wildman–Crippen LogP) is 7.04. The number of nitrogens with zero attached hydrogens (tertiary/aromatic N) is 1. The minimum absolute atomic E-state index is 0.0105. The maximum absolute atomic E-state index is 14.7. The number of ketones is 1. The van der Waals surface area contributed by atoms with Crippen LogP contribution in [0.15, 0.2) is 60.7 Å². The molecule has 0 N–H and O–H groups in total. The van der Waals surface area contributed by atoms with E-state index in [-0.39, 0.29) is 24.9 Å². The van der Waals surface area contributed by atoms with Gasteiger partial charge in [-0.25, -0.2) is 4.79 Å². The van der Waals surface area contributed by atoms with Gasteiger partial charge in [-0.1, -0.05) is 60.7 Å². The number of hydrogen-bond acceptors (Lipinski definition) is 6. The number of ether oxygens (including phenoxy) is 1. The molecule has 3 unspecified atom stereocenters. The average Bonchev–Trinajstić information content (AvgIpc) is 3.29. The zero-order valence-electron chi connectivity index (χ0n) is 23.9. The van der Waals surface area contributed by atoms with Crippen LogP contribution in [0.1, 0.15) is 76.2 Å². The molecular weight excluding hydrogens is 513 g/mol. The van der Waals surface area contributed by atoms with Crippen molar-refractivity contribution in [2.45, 2.75) is 84.0 Å². The fraction of sp³-hybridized carbons (Fsp3) is 0.516. The Kier molecular flexibility index (Phi) is 10.4. The van der Waals surface area contributed by atoms with Crippen molar-refractivity contribution in [1.29, 1.82) is 0 Å². The van der Waals surface area contributed by atoms with Crippen LogP contribution in [0, 0.1) is 0 Å². The maximum Gasteiger partial charge on any atom is 0.524 e. The Balaban J connectivity index is 1.95. The molecule has 0 spiro atoms. The highest BCUT2D eigenvalue weighted by Gasteiger charge is 2.57. The number of quaternary nitrogens is 1. The molecule has 8 heteroatoms. The van der Waals surface area contributed by atoms with Gasteiger partial charge in [0.25, 0.3) is 0 Å². The van der Waals surface area contributed by atoms with E-state index in [2.05, 4.69) is 0 Å². The topological polar surface area (TPSA) is 86.7 Å². The first-order valence-corrected chi connectivity index (χ1v) is 15.8. The minimum Gasteiger partial charge on any atom is -0.414 e. The minimum atomic E-state index is -3.70. The van der Waals surface area contributed by atoms with Crippen LogP contribution >= 0.6 is 7.37 Å². The van der Waals surface area contributed by atoms with E-state index in [1.165, 1.54) is 0 Å². The van der Waals surface area contributed by atoms with Crippen LogP contribution < -0.4 is 0 Å². The van der Waals surface area contributed by atoms with Crippen LogP contribution in [0.5, 0.6) is 0 Å². The fourth-order valence-corrected chi connectivity index (χ4v) is 7.94. The number of rotatable bonds is 11. The van der Waals surface area contributed by atoms with E-state index in [1.807, 2.05) is 43.3 Å². The third-order valence-electron chi connectivity index (χ3n) is 7.43. The van der Waals surface area contributed by atoms with Gasteiger partial charge in [-0.05, 0) is 53.0 Å². The second-order valence-corrected chi connectivity index (χ2v) is 14.2. The van der Waals surface area contributed by atoms with Gasteiger partial charge in [0.05, 0.1) is 13.2 Å². The normalized spacial score (nSPS) is 21.6. The molecule has 2 amide bonds. The second kappa shape index (κ2) is 13.2. The van der Waals surface area contributed by atoms with Crippen molar-refractivity contribution in [2.24, 2.45) is 0 Å². The number of imide groups is 1. The molecule has 1 saturated heterocycles. The van der Waals surface area contributed by atoms with Crippen molar-refractivity contribution in [3.8, 4) is 0 Å². The Morgan fingerprint density at radius 1 is 1.03 bits per heavy atom. The number of carbonyl (C=O) groups is 3. The van der Waals surface area contributed by atoms with Crippen molar-refractivity contribution in [1.82, 2.24) is 0 Å². The summed E-state index contributed by atoms with van der Waals surface area (Å²) in [6.45, 7) is 9.35. The van der Waals surface area contributed by atoms with Crippen molar-refractivity contribution in [2.75, 3.05) is 19.3 Å². The lowest BCUT2D eigenvalue weighted by Gasteiger charge is -2.35. The lowest BCUT2D eigenvalue weighted by Crippen LogP contribution is -2.61. The second-order valence-electron chi connectivity index (χ2n) is 11.4. The summed E-state index contributed by atoms with van der Waals surface area (Å²) in [5.74, 6) is -0.602. The Bertz CT molecular complexity index is 1180. The van der Waals surface area contributed by atoms with Gasteiger partial charge in [0.15, 0.2) is 5.78 Å². The van der Waals surface area contributed by atoms with Gasteiger partial charge in [-0.15, -0.1) is 0 Å². The van der Waals surface area contributed by atoms with Gasteiger partial charge < -0.3 is 9.26 Å². The highest BCUT2D eigenvalue weighted by Crippen LogP contribution is 2.56. The van der Waals surface area contributed by atoms with Gasteiger partial charge in [0.1, 0.15) is 17.8 Å². The Morgan fingerprint density at radius 3 is 2.18 bits per heavy atom. The standard InChI is InChI=1S/C31H43NO6P/c1-6-37-39(36,23-29(34)32(21-13-14-24(32)2)30(35)38-31(3,4)5)27(20-19-25-15-9-7-10-16-25)22-28(33)26-17-11-8-12-18-26/h7-12,15-18,24,27H,6,13-14,19-23H2,1-5H3/q+1/t24-,27?,32?,39?/m1/s1. The number of hydrogen-bond donors (Lipinski definition) is 0. The number of likely N-dealkylation sites (tertiary alicyclic amines) is 1. The first kappa shape index (κ1) is 30.9. The van der Waals surface area contributed by atoms with E-state index in [9.17, 15) is 18.9 Å². The van der Waals surface area contributed by atoms with Crippen molar-refractivity contribution >= 4 is 25.2 Å². The number of benzene rings is 2. The molecule has 1 aliphatic heterocycles. The van der Waals surface area contributed by atoms with Crippen LogP contribution in [0.4, 0.5) is 4.79 Å². The van der Waals surface area contributed by atoms with Crippen LogP contribution in [0.2, 0.25) is 0 Å². The zero-order valence-corrected chi connectivity index (χ0v) is 24.8. The van der Waals surface area contributed by atoms with E-state index in [0.29, 0.717) is 37.8 Å². The van der Waals surface area contributed by atoms with Crippen LogP contribution in [0.3, 0.4) is 0 Å². The van der Waals surface area contributed by atoms with E-state index in [1.54, 1.807) is 52.0 Å². The van der Waals surface area contributed by atoms with E-state index in [4.69, 9.17) is 9.26 Å². The Morgan fingerprint density at radius 2 is 1.64 bits per heavy atom. The van der Waals surface area contributed by atoms with Gasteiger partial charge in [0.2, 0.25) is 7.37 Å². The van der Waals surface area contributed by atoms with Crippen molar-refractivity contribution in [3.05, 3.63) is 71.8 Å². The van der Waals surface area contributed by atoms with E-state index < -0.39 is 41.3 Å². The molecular formula is C31H43NO6P+. The first-order chi connectivity index (χ1) is 18.4. The predicted molar refractivity (Wildman–Crippen MR) is 153 cm³/mol. The maximum atomic E-state index is 14.7. The van der Waals surface area contributed by atoms with E-state index in [0.717, 1.165) is 5.56 Å². The third-order valence-corrected chi connectivity index (χ3v) is 10.4. The average molecular weight is 557 g/mol. The highest BCUT2D eigenvalue weighted by atomic mass is 31.2. The van der Waals surface area contributed by atoms with Gasteiger partial charge >= 0.3 is 12.0 Å². The summed E-state index contributed by atoms with van der Waals surface area (Å²) in [4.78, 5) is 40.8. The molecule has 2 aromatic rings. The molecule has 0 saturated carbocycles. The quantitative estimate of drug-likeness (QED) is 0.168. The Labute approximate surface area is 232 Å². The third kappa shape index (κ3) is 7.75. The molecule has 1 fully saturated rings. The van der Waals surface area contributed by atoms with E-state index >= 15 is 0 Å². The SMILES string of the molecule is CCOP(=O)(CC(=O)[N+]1(C(=O)OC(C)(C)C)CCC[C@H]1C)C(CCc1ccccc1)CC(=O)c1ccccc1. The lowest BCUT2D eigenvalue weighted by molar-refractivity contribution is -0.792. The smallest absolute Gasteiger partial charge is 0.414 e. The summed E-state index contributed by atoms with van der Waals surface area (Å²) in [5.41, 5.74) is 0.136. The molecule has 4 atom stereocenters. The van der Waals surface area contributed by atoms with Crippen LogP contribution in [0.25, 0.3) is 0 Å². The van der Waals surface area contributed by atoms with Gasteiger partial charge in [-0.2, -0.15) is 9.28 Å². The largest absolute Gasteiger partial charge is 0.524 e. The molecule has 0 aliphatic carbocycles. The summed E-state index contributed by atoms with van der Waals surface area (Å²) >= 11 is 0. The summed E-state index contributed by atoms with van der Waals surface area (Å²) in [6, 6.07) is 18.4. The molecule has 7 nitrogen and oxygen atoms in total. The summed E-state index contributed by atoms with van der Waals surface area (Å²) in [6.07, 6.45) is 1.34. The molecule has 0 radical (unpaired) electrons. The van der Waals surface area contributed by atoms with Crippen molar-refractivity contribution in [3.63, 3.8) is 0 Å². The monoisotopic (exact) mass is 556 g/mol. The molecule has 0 aromatic heterocycles. The van der Waals surface area contributed by atoms with Gasteiger partial charge in [0, 0.05) is 30.5 Å². The molecule has 212 valence electrons. The number of Topliss-reactive ketones (excluding diaryl/α,β-unsaturated/α-hetero) is 1. The van der Waals surface area contributed by atoms with Crippen LogP contribution in [-0.4, -0.2) is 58.9 Å². The number of amides is 2. The lowest BCUT2D eigenvalue weighted by atomic mass is 10.0. The van der Waals surface area contributed by atoms with Crippen molar-refractivity contribution < 1.29 is 32.7 Å². The molecule has 1 heterocycles. The first-order valence-electron chi connectivity index (χ1n) is 13.9. The fourth-order valence-electron chi connectivity index (χ4n) is 5.35.